The van der Waals surface area contributed by atoms with E-state index >= 15 is 0 Å². The Bertz CT molecular complexity index is 540. The highest BCUT2D eigenvalue weighted by atomic mass is 35.5. The SMILES string of the molecule is Cc1cccc(-c2sc(Cl)nc2C#N)c1. The van der Waals surface area contributed by atoms with Crippen LogP contribution >= 0.6 is 22.9 Å². The van der Waals surface area contributed by atoms with Gasteiger partial charge in [0.1, 0.15) is 6.07 Å². The molecule has 74 valence electrons. The quantitative estimate of drug-likeness (QED) is 0.755. The van der Waals surface area contributed by atoms with Gasteiger partial charge in [-0.15, -0.1) is 11.3 Å². The van der Waals surface area contributed by atoms with Gasteiger partial charge in [0.25, 0.3) is 0 Å². The summed E-state index contributed by atoms with van der Waals surface area (Å²) in [5.41, 5.74) is 2.55. The molecule has 0 radical (unpaired) electrons. The van der Waals surface area contributed by atoms with Crippen molar-refractivity contribution in [3.05, 3.63) is 40.0 Å². The predicted molar refractivity (Wildman–Crippen MR) is 62.0 cm³/mol. The van der Waals surface area contributed by atoms with Gasteiger partial charge in [-0.25, -0.2) is 4.98 Å². The van der Waals surface area contributed by atoms with Crippen LogP contribution in [0.2, 0.25) is 4.47 Å². The van der Waals surface area contributed by atoms with Crippen LogP contribution in [-0.2, 0) is 0 Å². The van der Waals surface area contributed by atoms with Crippen LogP contribution < -0.4 is 0 Å². The summed E-state index contributed by atoms with van der Waals surface area (Å²) in [7, 11) is 0. The third kappa shape index (κ3) is 2.01. The molecule has 0 unspecified atom stereocenters. The number of halogens is 1. The number of aryl methyl sites for hydroxylation is 1. The molecule has 2 nitrogen and oxygen atoms in total. The summed E-state index contributed by atoms with van der Waals surface area (Å²) in [5.74, 6) is 0. The van der Waals surface area contributed by atoms with E-state index in [1.807, 2.05) is 37.3 Å². The molecule has 2 rings (SSSR count). The number of benzene rings is 1. The predicted octanol–water partition coefficient (Wildman–Crippen LogP) is 3.64. The van der Waals surface area contributed by atoms with E-state index in [2.05, 4.69) is 4.98 Å². The minimum Gasteiger partial charge on any atom is -0.213 e. The molecule has 0 amide bonds. The Labute approximate surface area is 96.8 Å². The highest BCUT2D eigenvalue weighted by Gasteiger charge is 2.11. The first-order valence-corrected chi connectivity index (χ1v) is 5.53. The molecule has 1 aromatic heterocycles. The van der Waals surface area contributed by atoms with E-state index in [9.17, 15) is 0 Å². The Kier molecular flexibility index (Phi) is 2.72. The first-order chi connectivity index (χ1) is 7.20. The second kappa shape index (κ2) is 4.01. The third-order valence-electron chi connectivity index (χ3n) is 1.99. The first kappa shape index (κ1) is 10.2. The van der Waals surface area contributed by atoms with E-state index < -0.39 is 0 Å². The fourth-order valence-electron chi connectivity index (χ4n) is 1.35. The van der Waals surface area contributed by atoms with Crippen LogP contribution in [0.1, 0.15) is 11.3 Å². The fraction of sp³-hybridized carbons (Fsp3) is 0.0909. The Hall–Kier alpha value is -1.37. The molecule has 15 heavy (non-hydrogen) atoms. The van der Waals surface area contributed by atoms with Gasteiger partial charge in [0.2, 0.25) is 0 Å². The maximum Gasteiger partial charge on any atom is 0.185 e. The van der Waals surface area contributed by atoms with Gasteiger partial charge < -0.3 is 0 Å². The Morgan fingerprint density at radius 3 is 2.93 bits per heavy atom. The zero-order chi connectivity index (χ0) is 10.8. The van der Waals surface area contributed by atoms with Crippen LogP contribution in [0.3, 0.4) is 0 Å². The van der Waals surface area contributed by atoms with E-state index in [4.69, 9.17) is 16.9 Å². The van der Waals surface area contributed by atoms with Gasteiger partial charge in [0, 0.05) is 0 Å². The third-order valence-corrected chi connectivity index (χ3v) is 3.20. The zero-order valence-corrected chi connectivity index (χ0v) is 9.56. The summed E-state index contributed by atoms with van der Waals surface area (Å²) >= 11 is 7.12. The van der Waals surface area contributed by atoms with Crippen LogP contribution in [0.5, 0.6) is 0 Å². The molecular weight excluding hydrogens is 228 g/mol. The number of hydrogen-bond acceptors (Lipinski definition) is 3. The number of hydrogen-bond donors (Lipinski definition) is 0. The maximum atomic E-state index is 8.90. The largest absolute Gasteiger partial charge is 0.213 e. The van der Waals surface area contributed by atoms with Gasteiger partial charge in [-0.2, -0.15) is 5.26 Å². The van der Waals surface area contributed by atoms with Crippen molar-refractivity contribution in [3.8, 4) is 16.5 Å². The summed E-state index contributed by atoms with van der Waals surface area (Å²) in [6.07, 6.45) is 0. The molecule has 0 atom stereocenters. The summed E-state index contributed by atoms with van der Waals surface area (Å²) in [6.45, 7) is 2.01. The summed E-state index contributed by atoms with van der Waals surface area (Å²) in [4.78, 5) is 4.80. The van der Waals surface area contributed by atoms with E-state index in [1.165, 1.54) is 11.3 Å². The van der Waals surface area contributed by atoms with Crippen LogP contribution in [0, 0.1) is 18.3 Å². The highest BCUT2D eigenvalue weighted by molar-refractivity contribution is 7.19. The van der Waals surface area contributed by atoms with Crippen molar-refractivity contribution in [1.29, 1.82) is 5.26 Å². The van der Waals surface area contributed by atoms with Crippen molar-refractivity contribution >= 4 is 22.9 Å². The van der Waals surface area contributed by atoms with Gasteiger partial charge in [0.05, 0.1) is 4.88 Å². The van der Waals surface area contributed by atoms with E-state index in [0.717, 1.165) is 16.0 Å². The Morgan fingerprint density at radius 2 is 2.27 bits per heavy atom. The molecule has 1 aromatic carbocycles. The lowest BCUT2D eigenvalue weighted by molar-refractivity contribution is 1.33. The number of nitriles is 1. The fourth-order valence-corrected chi connectivity index (χ4v) is 2.41. The van der Waals surface area contributed by atoms with Gasteiger partial charge in [-0.05, 0) is 12.5 Å². The molecular formula is C11H7ClN2S. The van der Waals surface area contributed by atoms with Gasteiger partial charge in [0.15, 0.2) is 10.2 Å². The molecule has 0 aliphatic heterocycles. The smallest absolute Gasteiger partial charge is 0.185 e. The van der Waals surface area contributed by atoms with Crippen molar-refractivity contribution in [2.24, 2.45) is 0 Å². The monoisotopic (exact) mass is 234 g/mol. The molecule has 0 saturated heterocycles. The molecule has 0 aliphatic rings. The lowest BCUT2D eigenvalue weighted by atomic mass is 10.1. The summed E-state index contributed by atoms with van der Waals surface area (Å²) < 4.78 is 0.406. The topological polar surface area (TPSA) is 36.7 Å². The maximum absolute atomic E-state index is 8.90. The molecule has 0 aliphatic carbocycles. The number of thiazole rings is 1. The van der Waals surface area contributed by atoms with Crippen LogP contribution in [0.25, 0.3) is 10.4 Å². The molecule has 0 fully saturated rings. The van der Waals surface area contributed by atoms with Crippen molar-refractivity contribution in [2.75, 3.05) is 0 Å². The van der Waals surface area contributed by atoms with E-state index in [-0.39, 0.29) is 0 Å². The lowest BCUT2D eigenvalue weighted by Crippen LogP contribution is -1.80. The average molecular weight is 235 g/mol. The molecule has 0 bridgehead atoms. The van der Waals surface area contributed by atoms with Crippen molar-refractivity contribution in [2.45, 2.75) is 6.92 Å². The number of nitrogens with zero attached hydrogens (tertiary/aromatic N) is 2. The molecule has 0 N–H and O–H groups in total. The Morgan fingerprint density at radius 1 is 1.47 bits per heavy atom. The number of rotatable bonds is 1. The second-order valence-corrected chi connectivity index (χ2v) is 4.71. The normalized spacial score (nSPS) is 9.93. The van der Waals surface area contributed by atoms with Crippen LogP contribution in [-0.4, -0.2) is 4.98 Å². The summed E-state index contributed by atoms with van der Waals surface area (Å²) in [6, 6.07) is 9.99. The first-order valence-electron chi connectivity index (χ1n) is 4.34. The van der Waals surface area contributed by atoms with Crippen LogP contribution in [0.4, 0.5) is 0 Å². The van der Waals surface area contributed by atoms with E-state index in [1.54, 1.807) is 0 Å². The molecule has 0 saturated carbocycles. The summed E-state index contributed by atoms with van der Waals surface area (Å²) in [5, 5.41) is 8.90. The van der Waals surface area contributed by atoms with Crippen LogP contribution in [0.15, 0.2) is 24.3 Å². The molecule has 4 heteroatoms. The van der Waals surface area contributed by atoms with Crippen molar-refractivity contribution in [3.63, 3.8) is 0 Å². The standard InChI is InChI=1S/C11H7ClN2S/c1-7-3-2-4-8(5-7)10-9(6-13)14-11(12)15-10/h2-5H,1H3. The lowest BCUT2D eigenvalue weighted by Gasteiger charge is -1.98. The Balaban J connectivity index is 2.59. The second-order valence-electron chi connectivity index (χ2n) is 3.13. The van der Waals surface area contributed by atoms with Gasteiger partial charge in [-0.1, -0.05) is 41.4 Å². The minimum absolute atomic E-state index is 0.399. The molecule has 0 spiro atoms. The minimum atomic E-state index is 0.399. The molecule has 1 heterocycles. The number of aromatic nitrogens is 1. The van der Waals surface area contributed by atoms with Gasteiger partial charge >= 0.3 is 0 Å². The van der Waals surface area contributed by atoms with Crippen molar-refractivity contribution < 1.29 is 0 Å². The highest BCUT2D eigenvalue weighted by Crippen LogP contribution is 2.32. The zero-order valence-electron chi connectivity index (χ0n) is 7.99. The van der Waals surface area contributed by atoms with E-state index in [0.29, 0.717) is 10.2 Å². The van der Waals surface area contributed by atoms with Crippen molar-refractivity contribution in [1.82, 2.24) is 4.98 Å². The average Bonchev–Trinajstić information content (AvgIpc) is 2.59. The molecule has 2 aromatic rings. The van der Waals surface area contributed by atoms with Gasteiger partial charge in [-0.3, -0.25) is 0 Å².